The Bertz CT molecular complexity index is 648. The average molecular weight is 277 g/mol. The van der Waals surface area contributed by atoms with E-state index in [0.717, 1.165) is 6.42 Å². The van der Waals surface area contributed by atoms with Gasteiger partial charge in [0.1, 0.15) is 0 Å². The van der Waals surface area contributed by atoms with Gasteiger partial charge in [0.2, 0.25) is 0 Å². The fourth-order valence-corrected chi connectivity index (χ4v) is 3.80. The summed E-state index contributed by atoms with van der Waals surface area (Å²) in [4.78, 5) is 0. The lowest BCUT2D eigenvalue weighted by atomic mass is 10.0. The molecule has 0 aliphatic rings. The van der Waals surface area contributed by atoms with E-state index in [9.17, 15) is 0 Å². The Kier molecular flexibility index (Phi) is 4.55. The summed E-state index contributed by atoms with van der Waals surface area (Å²) in [6.07, 6.45) is 2.87. The Balaban J connectivity index is 2.49. The number of allylic oxidation sites excluding steroid dienone is 1. The second kappa shape index (κ2) is 6.36. The Hall–Kier alpha value is -2.11. The fourth-order valence-electron chi connectivity index (χ4n) is 2.37. The van der Waals surface area contributed by atoms with Gasteiger partial charge < -0.3 is 0 Å². The van der Waals surface area contributed by atoms with Crippen LogP contribution < -0.4 is 5.19 Å². The second-order valence-corrected chi connectivity index (χ2v) is 8.19. The van der Waals surface area contributed by atoms with Crippen molar-refractivity contribution in [1.29, 1.82) is 5.26 Å². The molecule has 2 rings (SSSR count). The minimum absolute atomic E-state index is 0.709. The van der Waals surface area contributed by atoms with Crippen LogP contribution in [-0.2, 0) is 6.42 Å². The summed E-state index contributed by atoms with van der Waals surface area (Å²) in [7, 11) is -0.910. The highest BCUT2D eigenvalue weighted by Crippen LogP contribution is 2.20. The van der Waals surface area contributed by atoms with E-state index in [1.54, 1.807) is 0 Å². The molecule has 0 amide bonds. The van der Waals surface area contributed by atoms with Crippen molar-refractivity contribution in [3.05, 3.63) is 66.2 Å². The number of nitrogens with zero attached hydrogens (tertiary/aromatic N) is 1. The fraction of sp³-hybridized carbons (Fsp3) is 0.167. The molecule has 0 N–H and O–H groups in total. The first-order valence-electron chi connectivity index (χ1n) is 6.90. The zero-order valence-corrected chi connectivity index (χ0v) is 13.2. The first-order valence-corrected chi connectivity index (χ1v) is 9.78. The van der Waals surface area contributed by atoms with Gasteiger partial charge >= 0.3 is 0 Å². The van der Waals surface area contributed by atoms with Gasteiger partial charge in [-0.15, -0.1) is 6.58 Å². The Morgan fingerprint density at radius 3 is 2.40 bits per heavy atom. The Morgan fingerprint density at radius 2 is 1.85 bits per heavy atom. The number of hydrogen-bond acceptors (Lipinski definition) is 1. The van der Waals surface area contributed by atoms with Crippen LogP contribution in [0.25, 0.3) is 11.1 Å². The standard InChI is InChI=1S/C18H19NSi/c1-4-5-14-8-11-17(18(12-14)20(2)3)16-9-6-15(13-19)7-10-16/h4,6-12,20H,1,5H2,2-3H3. The molecule has 0 fully saturated rings. The Labute approximate surface area is 122 Å². The van der Waals surface area contributed by atoms with Gasteiger partial charge in [-0.1, -0.05) is 54.7 Å². The molecule has 0 saturated heterocycles. The van der Waals surface area contributed by atoms with Gasteiger partial charge in [-0.25, -0.2) is 0 Å². The largest absolute Gasteiger partial charge is 0.192 e. The van der Waals surface area contributed by atoms with E-state index < -0.39 is 8.80 Å². The SMILES string of the molecule is C=CCc1ccc(-c2ccc(C#N)cc2)c([SiH](C)C)c1. The first kappa shape index (κ1) is 14.3. The molecule has 0 saturated carbocycles. The van der Waals surface area contributed by atoms with E-state index in [1.165, 1.54) is 21.9 Å². The second-order valence-electron chi connectivity index (χ2n) is 5.26. The molecule has 0 aliphatic carbocycles. The maximum absolute atomic E-state index is 8.88. The highest BCUT2D eigenvalue weighted by atomic mass is 28.3. The van der Waals surface area contributed by atoms with Gasteiger partial charge in [0.25, 0.3) is 0 Å². The maximum Gasteiger partial charge on any atom is 0.0991 e. The molecular formula is C18H19NSi. The van der Waals surface area contributed by atoms with Crippen molar-refractivity contribution in [1.82, 2.24) is 0 Å². The van der Waals surface area contributed by atoms with Crippen molar-refractivity contribution in [3.8, 4) is 17.2 Å². The van der Waals surface area contributed by atoms with Crippen LogP contribution in [0.1, 0.15) is 11.1 Å². The van der Waals surface area contributed by atoms with E-state index >= 15 is 0 Å². The minimum Gasteiger partial charge on any atom is -0.192 e. The van der Waals surface area contributed by atoms with Crippen molar-refractivity contribution >= 4 is 14.0 Å². The topological polar surface area (TPSA) is 23.8 Å². The molecule has 0 bridgehead atoms. The summed E-state index contributed by atoms with van der Waals surface area (Å²) in [5.74, 6) is 0. The van der Waals surface area contributed by atoms with Gasteiger partial charge in [0, 0.05) is 0 Å². The third-order valence-corrected chi connectivity index (χ3v) is 5.16. The molecule has 0 heterocycles. The molecule has 2 aromatic carbocycles. The summed E-state index contributed by atoms with van der Waals surface area (Å²) in [6, 6.07) is 16.7. The zero-order chi connectivity index (χ0) is 14.5. The van der Waals surface area contributed by atoms with Crippen LogP contribution in [0.4, 0.5) is 0 Å². The van der Waals surface area contributed by atoms with Crippen LogP contribution in [0.5, 0.6) is 0 Å². The summed E-state index contributed by atoms with van der Waals surface area (Å²) in [6.45, 7) is 8.51. The smallest absolute Gasteiger partial charge is 0.0991 e. The summed E-state index contributed by atoms with van der Waals surface area (Å²) >= 11 is 0. The molecule has 0 radical (unpaired) electrons. The van der Waals surface area contributed by atoms with Crippen LogP contribution in [0.15, 0.2) is 55.1 Å². The zero-order valence-electron chi connectivity index (χ0n) is 12.1. The van der Waals surface area contributed by atoms with Crippen molar-refractivity contribution in [2.24, 2.45) is 0 Å². The third-order valence-electron chi connectivity index (χ3n) is 3.44. The molecule has 0 unspecified atom stereocenters. The van der Waals surface area contributed by atoms with E-state index in [1.807, 2.05) is 30.3 Å². The van der Waals surface area contributed by atoms with Crippen LogP contribution in [0, 0.1) is 11.3 Å². The van der Waals surface area contributed by atoms with Crippen LogP contribution in [0.2, 0.25) is 13.1 Å². The van der Waals surface area contributed by atoms with Crippen LogP contribution >= 0.6 is 0 Å². The average Bonchev–Trinajstić information content (AvgIpc) is 2.47. The minimum atomic E-state index is -0.910. The predicted molar refractivity (Wildman–Crippen MR) is 89.0 cm³/mol. The lowest BCUT2D eigenvalue weighted by Gasteiger charge is -2.14. The molecule has 2 heteroatoms. The van der Waals surface area contributed by atoms with Crippen molar-refractivity contribution in [2.75, 3.05) is 0 Å². The van der Waals surface area contributed by atoms with Gasteiger partial charge in [0.15, 0.2) is 0 Å². The van der Waals surface area contributed by atoms with Crippen molar-refractivity contribution in [3.63, 3.8) is 0 Å². The van der Waals surface area contributed by atoms with Crippen molar-refractivity contribution in [2.45, 2.75) is 19.5 Å². The van der Waals surface area contributed by atoms with Gasteiger partial charge in [-0.05, 0) is 35.2 Å². The summed E-state index contributed by atoms with van der Waals surface area (Å²) < 4.78 is 0. The van der Waals surface area contributed by atoms with Crippen LogP contribution in [0.3, 0.4) is 0 Å². The molecule has 0 aliphatic heterocycles. The van der Waals surface area contributed by atoms with Crippen molar-refractivity contribution < 1.29 is 0 Å². The van der Waals surface area contributed by atoms with Gasteiger partial charge in [-0.3, -0.25) is 0 Å². The van der Waals surface area contributed by atoms with Crippen LogP contribution in [-0.4, -0.2) is 8.80 Å². The van der Waals surface area contributed by atoms with E-state index in [2.05, 4.69) is 43.9 Å². The number of rotatable bonds is 4. The highest BCUT2D eigenvalue weighted by molar-refractivity contribution is 6.72. The third kappa shape index (κ3) is 3.07. The van der Waals surface area contributed by atoms with Gasteiger partial charge in [0.05, 0.1) is 20.4 Å². The normalized spacial score (nSPS) is 10.3. The molecule has 100 valence electrons. The molecule has 20 heavy (non-hydrogen) atoms. The maximum atomic E-state index is 8.88. The first-order chi connectivity index (χ1) is 9.65. The number of benzene rings is 2. The molecule has 0 spiro atoms. The summed E-state index contributed by atoms with van der Waals surface area (Å²) in [5, 5.41) is 10.4. The molecular weight excluding hydrogens is 258 g/mol. The van der Waals surface area contributed by atoms with Gasteiger partial charge in [-0.2, -0.15) is 5.26 Å². The monoisotopic (exact) mass is 277 g/mol. The molecule has 1 nitrogen and oxygen atoms in total. The Morgan fingerprint density at radius 1 is 1.15 bits per heavy atom. The van der Waals surface area contributed by atoms with E-state index in [4.69, 9.17) is 5.26 Å². The summed E-state index contributed by atoms with van der Waals surface area (Å²) in [5.41, 5.74) is 4.54. The lowest BCUT2D eigenvalue weighted by Crippen LogP contribution is -2.25. The quantitative estimate of drug-likeness (QED) is 0.618. The lowest BCUT2D eigenvalue weighted by molar-refractivity contribution is 1.28. The molecule has 0 aromatic heterocycles. The molecule has 2 aromatic rings. The van der Waals surface area contributed by atoms with E-state index in [-0.39, 0.29) is 0 Å². The highest BCUT2D eigenvalue weighted by Gasteiger charge is 2.10. The predicted octanol–water partition coefficient (Wildman–Crippen LogP) is 3.65. The van der Waals surface area contributed by atoms with E-state index in [0.29, 0.717) is 5.56 Å². The number of nitriles is 1. The molecule has 0 atom stereocenters. The number of hydrogen-bond donors (Lipinski definition) is 0.